The minimum Gasteiger partial charge on any atom is -0.214 e. The maximum absolute atomic E-state index is 11.7. The lowest BCUT2D eigenvalue weighted by Gasteiger charge is -2.12. The molecule has 0 saturated heterocycles. The Labute approximate surface area is 118 Å². The van der Waals surface area contributed by atoms with Gasteiger partial charge in [-0.2, -0.15) is 0 Å². The van der Waals surface area contributed by atoms with E-state index in [9.17, 15) is 8.42 Å². The molecule has 0 amide bonds. The van der Waals surface area contributed by atoms with Crippen LogP contribution in [0, 0.1) is 5.92 Å². The summed E-state index contributed by atoms with van der Waals surface area (Å²) in [6, 6.07) is 9.77. The molecule has 3 nitrogen and oxygen atoms in total. The van der Waals surface area contributed by atoms with E-state index in [4.69, 9.17) is 0 Å². The molecule has 1 atom stereocenters. The highest BCUT2D eigenvalue weighted by molar-refractivity contribution is 9.09. The molecule has 1 aromatic carbocycles. The first-order valence-electron chi connectivity index (χ1n) is 6.07. The molecule has 1 aromatic rings. The van der Waals surface area contributed by atoms with Gasteiger partial charge in [-0.1, -0.05) is 60.1 Å². The lowest BCUT2D eigenvalue weighted by Crippen LogP contribution is -2.29. The van der Waals surface area contributed by atoms with Crippen LogP contribution in [0.4, 0.5) is 0 Å². The van der Waals surface area contributed by atoms with Crippen LogP contribution >= 0.6 is 15.9 Å². The van der Waals surface area contributed by atoms with Crippen LogP contribution in [-0.2, 0) is 10.0 Å². The molecule has 0 aromatic heterocycles. The van der Waals surface area contributed by atoms with Crippen molar-refractivity contribution in [3.8, 4) is 0 Å². The molecule has 0 radical (unpaired) electrons. The average molecular weight is 334 g/mol. The van der Waals surface area contributed by atoms with E-state index in [1.165, 1.54) is 0 Å². The predicted octanol–water partition coefficient (Wildman–Crippen LogP) is 3.09. The Kier molecular flexibility index (Phi) is 6.32. The minimum atomic E-state index is -3.16. The number of sulfonamides is 1. The lowest BCUT2D eigenvalue weighted by atomic mass is 10.2. The van der Waals surface area contributed by atoms with Crippen molar-refractivity contribution in [2.24, 2.45) is 5.92 Å². The van der Waals surface area contributed by atoms with Crippen LogP contribution in [0.3, 0.4) is 0 Å². The van der Waals surface area contributed by atoms with Gasteiger partial charge in [0.05, 0.1) is 10.6 Å². The van der Waals surface area contributed by atoms with Crippen molar-refractivity contribution in [3.63, 3.8) is 0 Å². The Hall–Kier alpha value is -0.390. The number of hydrogen-bond acceptors (Lipinski definition) is 2. The first kappa shape index (κ1) is 15.7. The quantitative estimate of drug-likeness (QED) is 0.779. The van der Waals surface area contributed by atoms with Gasteiger partial charge >= 0.3 is 0 Å². The second-order valence-electron chi connectivity index (χ2n) is 4.73. The Balaban J connectivity index is 2.45. The van der Waals surface area contributed by atoms with Gasteiger partial charge in [0.1, 0.15) is 0 Å². The normalized spacial score (nSPS) is 13.8. The van der Waals surface area contributed by atoms with E-state index in [-0.39, 0.29) is 10.6 Å². The molecule has 0 heterocycles. The number of halogens is 1. The van der Waals surface area contributed by atoms with Crippen LogP contribution in [-0.4, -0.2) is 20.7 Å². The zero-order valence-corrected chi connectivity index (χ0v) is 13.2. The number of nitrogens with one attached hydrogen (secondary N) is 1. The van der Waals surface area contributed by atoms with Crippen LogP contribution in [0.2, 0.25) is 0 Å². The van der Waals surface area contributed by atoms with Crippen molar-refractivity contribution in [1.29, 1.82) is 0 Å². The second-order valence-corrected chi connectivity index (χ2v) is 7.76. The van der Waals surface area contributed by atoms with Gasteiger partial charge in [0, 0.05) is 6.54 Å². The van der Waals surface area contributed by atoms with Crippen LogP contribution < -0.4 is 4.72 Å². The van der Waals surface area contributed by atoms with Gasteiger partial charge in [-0.25, -0.2) is 13.1 Å². The molecule has 0 aliphatic rings. The highest BCUT2D eigenvalue weighted by atomic mass is 79.9. The zero-order chi connectivity index (χ0) is 13.6. The average Bonchev–Trinajstić information content (AvgIpc) is 2.35. The molecule has 5 heteroatoms. The highest BCUT2D eigenvalue weighted by Crippen LogP contribution is 2.21. The van der Waals surface area contributed by atoms with E-state index in [0.29, 0.717) is 18.9 Å². The maximum atomic E-state index is 11.7. The Morgan fingerprint density at radius 3 is 2.39 bits per heavy atom. The number of alkyl halides is 1. The molecule has 0 aliphatic carbocycles. The maximum Gasteiger partial charge on any atom is 0.211 e. The summed E-state index contributed by atoms with van der Waals surface area (Å²) in [7, 11) is -3.16. The smallest absolute Gasteiger partial charge is 0.211 e. The second kappa shape index (κ2) is 7.26. The van der Waals surface area contributed by atoms with E-state index in [0.717, 1.165) is 5.56 Å². The summed E-state index contributed by atoms with van der Waals surface area (Å²) in [5, 5.41) is 0. The van der Waals surface area contributed by atoms with Gasteiger partial charge in [0.25, 0.3) is 0 Å². The molecule has 1 rings (SSSR count). The Morgan fingerprint density at radius 2 is 1.83 bits per heavy atom. The summed E-state index contributed by atoms with van der Waals surface area (Å²) in [5.41, 5.74) is 1.07. The van der Waals surface area contributed by atoms with Crippen molar-refractivity contribution < 1.29 is 8.42 Å². The fourth-order valence-electron chi connectivity index (χ4n) is 1.44. The first-order chi connectivity index (χ1) is 8.41. The van der Waals surface area contributed by atoms with Crippen LogP contribution in [0.15, 0.2) is 30.3 Å². The van der Waals surface area contributed by atoms with Gasteiger partial charge in [0.2, 0.25) is 10.0 Å². The highest BCUT2D eigenvalue weighted by Gasteiger charge is 2.14. The molecule has 0 saturated carbocycles. The van der Waals surface area contributed by atoms with Crippen molar-refractivity contribution >= 4 is 26.0 Å². The molecule has 102 valence electrons. The third-order valence-corrected chi connectivity index (χ3v) is 4.84. The Bertz CT molecular complexity index is 445. The number of hydrogen-bond donors (Lipinski definition) is 1. The van der Waals surface area contributed by atoms with Crippen molar-refractivity contribution in [2.45, 2.75) is 25.1 Å². The van der Waals surface area contributed by atoms with Crippen molar-refractivity contribution in [2.75, 3.05) is 12.3 Å². The van der Waals surface area contributed by atoms with E-state index in [1.807, 2.05) is 44.2 Å². The van der Waals surface area contributed by atoms with E-state index in [2.05, 4.69) is 20.7 Å². The molecule has 0 fully saturated rings. The van der Waals surface area contributed by atoms with E-state index in [1.54, 1.807) is 0 Å². The number of benzene rings is 1. The van der Waals surface area contributed by atoms with Crippen LogP contribution in [0.5, 0.6) is 0 Å². The van der Waals surface area contributed by atoms with E-state index < -0.39 is 10.0 Å². The fourth-order valence-corrected chi connectivity index (χ4v) is 3.47. The fraction of sp³-hybridized carbons (Fsp3) is 0.538. The summed E-state index contributed by atoms with van der Waals surface area (Å²) < 4.78 is 26.1. The number of rotatable bonds is 7. The molecule has 1 N–H and O–H groups in total. The minimum absolute atomic E-state index is 0.00697. The SMILES string of the molecule is CC(C)CCS(=O)(=O)NCC(Br)c1ccccc1. The molecule has 1 unspecified atom stereocenters. The van der Waals surface area contributed by atoms with Crippen molar-refractivity contribution in [3.05, 3.63) is 35.9 Å². The van der Waals surface area contributed by atoms with Crippen LogP contribution in [0.1, 0.15) is 30.7 Å². The molecule has 18 heavy (non-hydrogen) atoms. The monoisotopic (exact) mass is 333 g/mol. The topological polar surface area (TPSA) is 46.2 Å². The molecule has 0 bridgehead atoms. The Morgan fingerprint density at radius 1 is 1.22 bits per heavy atom. The molecular formula is C13H20BrNO2S. The summed E-state index contributed by atoms with van der Waals surface area (Å²) in [5.74, 6) is 0.592. The van der Waals surface area contributed by atoms with Gasteiger partial charge < -0.3 is 0 Å². The summed E-state index contributed by atoms with van der Waals surface area (Å²) in [6.45, 7) is 4.42. The molecular weight excluding hydrogens is 314 g/mol. The summed E-state index contributed by atoms with van der Waals surface area (Å²) in [6.07, 6.45) is 0.688. The standard InChI is InChI=1S/C13H20BrNO2S/c1-11(2)8-9-18(16,17)15-10-13(14)12-6-4-3-5-7-12/h3-7,11,13,15H,8-10H2,1-2H3. The lowest BCUT2D eigenvalue weighted by molar-refractivity contribution is 0.562. The molecule has 0 spiro atoms. The summed E-state index contributed by atoms with van der Waals surface area (Å²) >= 11 is 3.49. The summed E-state index contributed by atoms with van der Waals surface area (Å²) in [4.78, 5) is 0.00697. The van der Waals surface area contributed by atoms with Gasteiger partial charge in [-0.3, -0.25) is 0 Å². The van der Waals surface area contributed by atoms with E-state index >= 15 is 0 Å². The zero-order valence-electron chi connectivity index (χ0n) is 10.8. The third kappa shape index (κ3) is 5.98. The largest absolute Gasteiger partial charge is 0.214 e. The van der Waals surface area contributed by atoms with Crippen molar-refractivity contribution in [1.82, 2.24) is 4.72 Å². The molecule has 0 aliphatic heterocycles. The predicted molar refractivity (Wildman–Crippen MR) is 79.4 cm³/mol. The van der Waals surface area contributed by atoms with Gasteiger partial charge in [-0.05, 0) is 17.9 Å². The third-order valence-electron chi connectivity index (χ3n) is 2.61. The first-order valence-corrected chi connectivity index (χ1v) is 8.64. The van der Waals surface area contributed by atoms with Gasteiger partial charge in [-0.15, -0.1) is 0 Å². The van der Waals surface area contributed by atoms with Gasteiger partial charge in [0.15, 0.2) is 0 Å². The van der Waals surface area contributed by atoms with Crippen LogP contribution in [0.25, 0.3) is 0 Å².